The van der Waals surface area contributed by atoms with Crippen LogP contribution in [0.2, 0.25) is 0 Å². The number of amides is 5. The lowest BCUT2D eigenvalue weighted by Crippen LogP contribution is -2.53. The van der Waals surface area contributed by atoms with Crippen LogP contribution in [0.5, 0.6) is 0 Å². The zero-order valence-corrected chi connectivity index (χ0v) is 54.7. The molecule has 0 radical (unpaired) electrons. The van der Waals surface area contributed by atoms with Crippen LogP contribution in [0, 0.1) is 17.9 Å². The van der Waals surface area contributed by atoms with Crippen LogP contribution in [-0.4, -0.2) is 155 Å². The summed E-state index contributed by atoms with van der Waals surface area (Å²) in [7, 11) is -9.00. The molecular weight excluding hydrogens is 1230 g/mol. The third kappa shape index (κ3) is 15.0. The Labute approximate surface area is 541 Å². The number of hydrogen-bond acceptors (Lipinski definition) is 14. The highest BCUT2D eigenvalue weighted by atomic mass is 32.2. The summed E-state index contributed by atoms with van der Waals surface area (Å²) in [6, 6.07) is 15.0. The average Bonchev–Trinajstić information content (AvgIpc) is 1.59. The number of Topliss-reactive ketones (excluding diaryl/α,β-unsaturated/α-hetero) is 2. The van der Waals surface area contributed by atoms with Crippen molar-refractivity contribution in [2.75, 3.05) is 44.2 Å². The van der Waals surface area contributed by atoms with E-state index in [9.17, 15) is 69.7 Å². The normalized spacial score (nSPS) is 20.3. The van der Waals surface area contributed by atoms with Gasteiger partial charge in [-0.25, -0.2) is 0 Å². The van der Waals surface area contributed by atoms with Gasteiger partial charge in [0.2, 0.25) is 35.2 Å². The number of allylic oxidation sites excluding steroid dienone is 11. The number of ketones is 2. The number of carbonyl (C=O) groups excluding carboxylic acids is 7. The molecule has 4 unspecified atom stereocenters. The SMILES string of the molecule is CCN1/C(=C/C=C/C=C/C2=[N+](CCCCCC(=O)NCC(=O)CC(C)C(=O)NCC(=O)N3C[C@@H](O)CC3C(=O)N3CCCC3C(=O)CC(CC3=C[C+]=C(O)C=C3)C(N)=O)c3ccc4c(S(=O)(=O)O)cccc4c3C2(C)C)C(C)(C)c2c1ccc1ccc(S(=O)(=O)O)cc21. The fraction of sp³-hybridized carbons (Fsp3) is 0.420. The van der Waals surface area contributed by atoms with Crippen LogP contribution in [-0.2, 0) is 64.6 Å². The van der Waals surface area contributed by atoms with Gasteiger partial charge >= 0.3 is 0 Å². The van der Waals surface area contributed by atoms with Crippen LogP contribution >= 0.6 is 0 Å². The van der Waals surface area contributed by atoms with Gasteiger partial charge in [0.25, 0.3) is 26.0 Å². The first-order valence-corrected chi connectivity index (χ1v) is 34.2. The summed E-state index contributed by atoms with van der Waals surface area (Å²) in [6.07, 6.45) is 18.2. The molecule has 0 spiro atoms. The number of β-amino-alcohol motifs (C(OH)–C–C–N with tert-alkyl or cyclic N) is 1. The molecule has 8 N–H and O–H groups in total. The molecule has 4 aromatic carbocycles. The fourth-order valence-electron chi connectivity index (χ4n) is 13.8. The number of nitrogens with zero attached hydrogens (tertiary/aromatic N) is 4. The van der Waals surface area contributed by atoms with E-state index in [0.717, 1.165) is 44.7 Å². The fourth-order valence-corrected chi connectivity index (χ4v) is 15.0. The van der Waals surface area contributed by atoms with E-state index in [4.69, 9.17) is 5.73 Å². The van der Waals surface area contributed by atoms with Gasteiger partial charge < -0.3 is 41.3 Å². The summed E-state index contributed by atoms with van der Waals surface area (Å²) in [6.45, 7) is 12.1. The largest absolute Gasteiger partial charge is 0.481 e. The Morgan fingerprint density at radius 1 is 0.817 bits per heavy atom. The molecule has 0 saturated carbocycles. The second-order valence-corrected chi connectivity index (χ2v) is 28.4. The van der Waals surface area contributed by atoms with Gasteiger partial charge in [-0.2, -0.15) is 21.4 Å². The van der Waals surface area contributed by atoms with Crippen LogP contribution in [0.1, 0.15) is 117 Å². The van der Waals surface area contributed by atoms with Crippen LogP contribution in [0.25, 0.3) is 21.5 Å². The molecule has 2 saturated heterocycles. The molecule has 0 aromatic heterocycles. The number of nitrogens with two attached hydrogens (primary N) is 1. The highest BCUT2D eigenvalue weighted by Gasteiger charge is 2.48. The number of primary amides is 1. The molecule has 22 nitrogen and oxygen atoms in total. The van der Waals surface area contributed by atoms with Gasteiger partial charge in [0.15, 0.2) is 17.3 Å². The van der Waals surface area contributed by atoms with E-state index in [-0.39, 0.29) is 79.0 Å². The standard InChI is InChI=1S/C69H79N7O15S2/c1-7-73-54-30-25-44-24-28-49(92(86,87)88)38-52(44)64(54)68(3,4)59(73)19-10-8-11-20-60-69(5,6)63-51-16-14-18-58(93(89,90)91)50(51)29-31-55(63)74(60)32-13-9-12-21-61(81)71-39-47(78)34-42(2)66(84)72-40-62(82)76-41-48(79)37-56(76)67(85)75-33-15-17-53(75)57(80)36-45(65(70)83)35-43-22-26-46(77)27-23-43/h8,10-11,14,16,18-20,22-26,28-31,38,42,45,48,53,56,79H,7,9,12-13,15,17,21,32-37,39-41H2,1-6H3,(H5-2,70,71,72,77,81,83,84,86,87,88,89,90,91)/p+2/t42?,45?,48-,53?,56?/m0/s1. The zero-order chi connectivity index (χ0) is 67.5. The number of unbranched alkanes of at least 4 members (excludes halogenated alkanes) is 2. The van der Waals surface area contributed by atoms with Gasteiger partial charge in [-0.05, 0) is 105 Å². The van der Waals surface area contributed by atoms with Crippen LogP contribution < -0.4 is 21.3 Å². The molecule has 5 atom stereocenters. The Kier molecular flexibility index (Phi) is 20.7. The molecule has 5 aliphatic rings. The molecule has 24 heteroatoms. The Morgan fingerprint density at radius 2 is 1.57 bits per heavy atom. The van der Waals surface area contributed by atoms with Crippen molar-refractivity contribution >= 4 is 100.0 Å². The Balaban J connectivity index is 0.775. The summed E-state index contributed by atoms with van der Waals surface area (Å²) in [5, 5.41) is 28.0. The third-order valence-corrected chi connectivity index (χ3v) is 20.2. The molecule has 4 heterocycles. The highest BCUT2D eigenvalue weighted by Crippen LogP contribution is 2.51. The highest BCUT2D eigenvalue weighted by molar-refractivity contribution is 7.86. The number of aliphatic hydroxyl groups is 2. The number of likely N-dealkylation sites (N-methyl/N-ethyl adjacent to an activating group) is 1. The van der Waals surface area contributed by atoms with Gasteiger partial charge in [-0.3, -0.25) is 42.7 Å². The smallest absolute Gasteiger partial charge is 0.295 e. The first-order chi connectivity index (χ1) is 43.9. The van der Waals surface area contributed by atoms with E-state index in [1.54, 1.807) is 24.3 Å². The lowest BCUT2D eigenvalue weighted by atomic mass is 9.79. The van der Waals surface area contributed by atoms with Crippen molar-refractivity contribution in [2.24, 2.45) is 17.6 Å². The molecule has 9 rings (SSSR count). The molecule has 4 aliphatic heterocycles. The maximum atomic E-state index is 14.0. The van der Waals surface area contributed by atoms with Crippen molar-refractivity contribution in [1.82, 2.24) is 20.4 Å². The minimum absolute atomic E-state index is 0.0834. The van der Waals surface area contributed by atoms with Crippen molar-refractivity contribution in [3.8, 4) is 0 Å². The van der Waals surface area contributed by atoms with E-state index in [1.165, 1.54) is 47.1 Å². The van der Waals surface area contributed by atoms with Crippen molar-refractivity contribution < 1.29 is 74.3 Å². The van der Waals surface area contributed by atoms with Gasteiger partial charge in [-0.1, -0.05) is 63.3 Å². The average molecular weight is 1310 g/mol. The first kappa shape index (κ1) is 68.8. The number of carbonyl (C=O) groups is 7. The quantitative estimate of drug-likeness (QED) is 0.0107. The number of fused-ring (bicyclic) bond motifs is 6. The summed E-state index contributed by atoms with van der Waals surface area (Å²) in [4.78, 5) is 97.3. The van der Waals surface area contributed by atoms with Gasteiger partial charge in [0.1, 0.15) is 23.6 Å². The van der Waals surface area contributed by atoms with E-state index in [0.29, 0.717) is 61.5 Å². The Hall–Kier alpha value is -8.51. The van der Waals surface area contributed by atoms with Crippen molar-refractivity contribution in [3.05, 3.63) is 144 Å². The molecule has 4 aromatic rings. The molecule has 5 amide bonds. The van der Waals surface area contributed by atoms with Crippen molar-refractivity contribution in [2.45, 2.75) is 145 Å². The number of likely N-dealkylation sites (tertiary alicyclic amines) is 2. The lowest BCUT2D eigenvalue weighted by molar-refractivity contribution is -0.438. The minimum Gasteiger partial charge on any atom is -0.481 e. The van der Waals surface area contributed by atoms with E-state index in [2.05, 4.69) is 53.9 Å². The summed E-state index contributed by atoms with van der Waals surface area (Å²) in [5.41, 5.74) is 10.6. The molecule has 492 valence electrons. The van der Waals surface area contributed by atoms with Gasteiger partial charge in [0.05, 0.1) is 65.3 Å². The number of anilines is 1. The number of benzene rings is 4. The van der Waals surface area contributed by atoms with Gasteiger partial charge in [-0.15, -0.1) is 0 Å². The third-order valence-electron chi connectivity index (χ3n) is 18.4. The number of hydrogen-bond donors (Lipinski definition) is 7. The van der Waals surface area contributed by atoms with E-state index >= 15 is 0 Å². The predicted octanol–water partition coefficient (Wildman–Crippen LogP) is 7.21. The molecule has 0 bridgehead atoms. The van der Waals surface area contributed by atoms with Crippen molar-refractivity contribution in [1.29, 1.82) is 0 Å². The minimum atomic E-state index is -4.56. The second-order valence-electron chi connectivity index (χ2n) is 25.6. The summed E-state index contributed by atoms with van der Waals surface area (Å²) in [5.74, 6) is -5.52. The number of nitrogens with one attached hydrogen (secondary N) is 2. The molecular formula is C69H81N7O15S2+2. The molecule has 1 aliphatic carbocycles. The maximum Gasteiger partial charge on any atom is 0.295 e. The maximum absolute atomic E-state index is 14.0. The topological polar surface area (TPSA) is 332 Å². The van der Waals surface area contributed by atoms with Gasteiger partial charge in [0, 0.05) is 104 Å². The Morgan fingerprint density at radius 3 is 2.27 bits per heavy atom. The number of aliphatic hydroxyl groups excluding tert-OH is 2. The zero-order valence-electron chi connectivity index (χ0n) is 53.1. The van der Waals surface area contributed by atoms with Crippen LogP contribution in [0.3, 0.4) is 0 Å². The van der Waals surface area contributed by atoms with Crippen LogP contribution in [0.15, 0.2) is 136 Å². The summed E-state index contributed by atoms with van der Waals surface area (Å²) >= 11 is 0. The van der Waals surface area contributed by atoms with Crippen molar-refractivity contribution in [3.63, 3.8) is 0 Å². The lowest BCUT2D eigenvalue weighted by Gasteiger charge is -2.31. The number of rotatable bonds is 26. The van der Waals surface area contributed by atoms with Crippen LogP contribution in [0.4, 0.5) is 11.4 Å². The Bertz CT molecular complexity index is 4180. The predicted molar refractivity (Wildman–Crippen MR) is 350 cm³/mol. The second kappa shape index (κ2) is 28.0. The van der Waals surface area contributed by atoms with E-state index < -0.39 is 97.0 Å². The summed E-state index contributed by atoms with van der Waals surface area (Å²) < 4.78 is 71.8. The van der Waals surface area contributed by atoms with E-state index in [1.807, 2.05) is 61.6 Å². The first-order valence-electron chi connectivity index (χ1n) is 31.3. The molecule has 93 heavy (non-hydrogen) atoms. The molecule has 2 fully saturated rings. The monoisotopic (exact) mass is 1310 g/mol.